The molecular weight excluding hydrogens is 210 g/mol. The second-order valence-electron chi connectivity index (χ2n) is 3.86. The average Bonchev–Trinajstić information content (AvgIpc) is 2.50. The lowest BCUT2D eigenvalue weighted by Crippen LogP contribution is -2.33. The van der Waals surface area contributed by atoms with Crippen LogP contribution in [-0.4, -0.2) is 21.4 Å². The van der Waals surface area contributed by atoms with Crippen molar-refractivity contribution in [3.63, 3.8) is 0 Å². The number of hydrogen-bond donors (Lipinski definition) is 2. The number of rotatable bonds is 2. The van der Waals surface area contributed by atoms with E-state index in [1.165, 1.54) is 4.57 Å². The number of carbonyl (C=O) groups excluding carboxylic acids is 1. The Morgan fingerprint density at radius 3 is 2.62 bits per heavy atom. The quantitative estimate of drug-likeness (QED) is 0.735. The Morgan fingerprint density at radius 1 is 1.31 bits per heavy atom. The molecule has 0 spiro atoms. The maximum absolute atomic E-state index is 11.7. The summed E-state index contributed by atoms with van der Waals surface area (Å²) in [6, 6.07) is -0.444. The molecule has 0 bridgehead atoms. The van der Waals surface area contributed by atoms with Crippen molar-refractivity contribution in [3.8, 4) is 0 Å². The number of nitrogens with one attached hydrogen (secondary N) is 2. The molecule has 16 heavy (non-hydrogen) atoms. The van der Waals surface area contributed by atoms with E-state index in [0.29, 0.717) is 12.4 Å². The van der Waals surface area contributed by atoms with Crippen LogP contribution < -0.4 is 16.6 Å². The zero-order valence-corrected chi connectivity index (χ0v) is 9.16. The highest BCUT2D eigenvalue weighted by Crippen LogP contribution is 2.20. The highest BCUT2D eigenvalue weighted by Gasteiger charge is 2.32. The molecule has 6 nitrogen and oxygen atoms in total. The molecule has 0 saturated carbocycles. The summed E-state index contributed by atoms with van der Waals surface area (Å²) in [5, 5.41) is 2.88. The largest absolute Gasteiger partial charge is 0.361 e. The maximum atomic E-state index is 11.7. The van der Waals surface area contributed by atoms with Crippen LogP contribution in [0.4, 0.5) is 5.82 Å². The first kappa shape index (κ1) is 10.7. The molecule has 0 fully saturated rings. The third kappa shape index (κ3) is 1.37. The lowest BCUT2D eigenvalue weighted by atomic mass is 10.2. The van der Waals surface area contributed by atoms with Gasteiger partial charge in [-0.3, -0.25) is 19.1 Å². The number of ketones is 1. The second-order valence-corrected chi connectivity index (χ2v) is 3.86. The predicted molar refractivity (Wildman–Crippen MR) is 59.0 cm³/mol. The van der Waals surface area contributed by atoms with Gasteiger partial charge in [0, 0.05) is 6.54 Å². The van der Waals surface area contributed by atoms with E-state index >= 15 is 0 Å². The number of anilines is 1. The number of nitrogens with zero attached hydrogens (tertiary/aromatic N) is 1. The van der Waals surface area contributed by atoms with Gasteiger partial charge in [-0.1, -0.05) is 6.92 Å². The number of hydrogen-bond acceptors (Lipinski definition) is 4. The van der Waals surface area contributed by atoms with Crippen molar-refractivity contribution in [1.82, 2.24) is 9.55 Å². The summed E-state index contributed by atoms with van der Waals surface area (Å²) in [7, 11) is 0. The van der Waals surface area contributed by atoms with Gasteiger partial charge in [0.1, 0.15) is 11.4 Å². The van der Waals surface area contributed by atoms with Crippen LogP contribution in [0.3, 0.4) is 0 Å². The predicted octanol–water partition coefficient (Wildman–Crippen LogP) is -0.0567. The Hall–Kier alpha value is -1.85. The molecule has 2 heterocycles. The first-order valence-corrected chi connectivity index (χ1v) is 5.24. The topological polar surface area (TPSA) is 84.0 Å². The van der Waals surface area contributed by atoms with E-state index < -0.39 is 17.3 Å². The number of fused-ring (bicyclic) bond motifs is 1. The van der Waals surface area contributed by atoms with Gasteiger partial charge in [0.2, 0.25) is 0 Å². The summed E-state index contributed by atoms with van der Waals surface area (Å²) in [4.78, 5) is 36.9. The minimum Gasteiger partial charge on any atom is -0.361 e. The van der Waals surface area contributed by atoms with E-state index in [9.17, 15) is 14.4 Å². The van der Waals surface area contributed by atoms with Crippen LogP contribution in [0, 0.1) is 0 Å². The normalized spacial score (nSPS) is 18.4. The smallest absolute Gasteiger partial charge is 0.329 e. The number of Topliss-reactive ketones (excluding diaryl/α,β-unsaturated/α-hetero) is 1. The van der Waals surface area contributed by atoms with Gasteiger partial charge in [-0.2, -0.15) is 0 Å². The van der Waals surface area contributed by atoms with Gasteiger partial charge in [-0.15, -0.1) is 0 Å². The minimum atomic E-state index is -0.603. The van der Waals surface area contributed by atoms with Crippen LogP contribution >= 0.6 is 0 Å². The van der Waals surface area contributed by atoms with Crippen LogP contribution in [0.25, 0.3) is 0 Å². The first-order valence-electron chi connectivity index (χ1n) is 5.24. The summed E-state index contributed by atoms with van der Waals surface area (Å²) < 4.78 is 1.40. The molecule has 0 radical (unpaired) electrons. The third-order valence-corrected chi connectivity index (χ3v) is 2.64. The molecule has 1 aromatic rings. The van der Waals surface area contributed by atoms with Crippen molar-refractivity contribution < 1.29 is 4.79 Å². The average molecular weight is 223 g/mol. The molecule has 1 atom stereocenters. The zero-order chi connectivity index (χ0) is 11.9. The lowest BCUT2D eigenvalue weighted by Gasteiger charge is -2.09. The van der Waals surface area contributed by atoms with Crippen molar-refractivity contribution >= 4 is 11.6 Å². The molecule has 0 unspecified atom stereocenters. The SMILES string of the molecule is CCCn1c2c(c(=O)[nH]c1=O)C(=O)[C@@H](C)N2. The molecule has 0 amide bonds. The van der Waals surface area contributed by atoms with E-state index in [4.69, 9.17) is 0 Å². The number of aromatic nitrogens is 2. The van der Waals surface area contributed by atoms with Gasteiger partial charge in [0.15, 0.2) is 5.78 Å². The van der Waals surface area contributed by atoms with Gasteiger partial charge < -0.3 is 5.32 Å². The molecule has 1 aromatic heterocycles. The molecule has 6 heteroatoms. The molecule has 2 rings (SSSR count). The van der Waals surface area contributed by atoms with Crippen LogP contribution in [-0.2, 0) is 6.54 Å². The summed E-state index contributed by atoms with van der Waals surface area (Å²) in [5.74, 6) is 0.0919. The van der Waals surface area contributed by atoms with Crippen molar-refractivity contribution in [3.05, 3.63) is 26.4 Å². The third-order valence-electron chi connectivity index (χ3n) is 2.64. The molecule has 86 valence electrons. The van der Waals surface area contributed by atoms with Crippen LogP contribution in [0.1, 0.15) is 30.6 Å². The van der Waals surface area contributed by atoms with E-state index in [2.05, 4.69) is 10.3 Å². The Labute approximate surface area is 91.3 Å². The zero-order valence-electron chi connectivity index (χ0n) is 9.16. The Bertz CT molecular complexity index is 555. The van der Waals surface area contributed by atoms with Gasteiger partial charge >= 0.3 is 5.69 Å². The Morgan fingerprint density at radius 2 is 2.00 bits per heavy atom. The van der Waals surface area contributed by atoms with Crippen molar-refractivity contribution in [2.45, 2.75) is 32.9 Å². The fourth-order valence-corrected chi connectivity index (χ4v) is 1.87. The number of carbonyl (C=O) groups is 1. The van der Waals surface area contributed by atoms with Gasteiger partial charge in [0.05, 0.1) is 6.04 Å². The fourth-order valence-electron chi connectivity index (χ4n) is 1.87. The van der Waals surface area contributed by atoms with Crippen molar-refractivity contribution in [1.29, 1.82) is 0 Å². The highest BCUT2D eigenvalue weighted by molar-refractivity contribution is 6.08. The van der Waals surface area contributed by atoms with Crippen molar-refractivity contribution in [2.75, 3.05) is 5.32 Å². The summed E-state index contributed by atoms with van der Waals surface area (Å²) in [5.41, 5.74) is -1.00. The molecule has 1 aliphatic rings. The monoisotopic (exact) mass is 223 g/mol. The molecule has 1 aliphatic heterocycles. The van der Waals surface area contributed by atoms with Gasteiger partial charge in [-0.25, -0.2) is 4.79 Å². The standard InChI is InChI=1S/C10H13N3O3/c1-3-4-13-8-6(7(14)5(2)11-8)9(15)12-10(13)16/h5,11H,3-4H2,1-2H3,(H,12,15,16)/t5-/m1/s1. The summed E-state index contributed by atoms with van der Waals surface area (Å²) in [6.07, 6.45) is 0.753. The van der Waals surface area contributed by atoms with Crippen LogP contribution in [0.2, 0.25) is 0 Å². The van der Waals surface area contributed by atoms with E-state index in [0.717, 1.165) is 6.42 Å². The molecule has 0 aromatic carbocycles. The van der Waals surface area contributed by atoms with E-state index in [1.54, 1.807) is 6.92 Å². The molecule has 2 N–H and O–H groups in total. The Kier molecular flexibility index (Phi) is 2.41. The highest BCUT2D eigenvalue weighted by atomic mass is 16.2. The lowest BCUT2D eigenvalue weighted by molar-refractivity contribution is 0.0983. The molecular formula is C10H13N3O3. The van der Waals surface area contributed by atoms with Crippen LogP contribution in [0.15, 0.2) is 9.59 Å². The minimum absolute atomic E-state index is 0.0700. The second kappa shape index (κ2) is 3.62. The van der Waals surface area contributed by atoms with Crippen molar-refractivity contribution in [2.24, 2.45) is 0 Å². The Balaban J connectivity index is 2.73. The maximum Gasteiger partial charge on any atom is 0.329 e. The van der Waals surface area contributed by atoms with Gasteiger partial charge in [-0.05, 0) is 13.3 Å². The van der Waals surface area contributed by atoms with Crippen LogP contribution in [0.5, 0.6) is 0 Å². The van der Waals surface area contributed by atoms with Gasteiger partial charge in [0.25, 0.3) is 5.56 Å². The fraction of sp³-hybridized carbons (Fsp3) is 0.500. The van der Waals surface area contributed by atoms with E-state index in [-0.39, 0.29) is 11.3 Å². The molecule has 0 saturated heterocycles. The number of aromatic amines is 1. The number of H-pyrrole nitrogens is 1. The molecule has 0 aliphatic carbocycles. The van der Waals surface area contributed by atoms with E-state index in [1.807, 2.05) is 6.92 Å². The first-order chi connectivity index (χ1) is 7.56. The summed E-state index contributed by atoms with van der Waals surface area (Å²) >= 11 is 0. The summed E-state index contributed by atoms with van der Waals surface area (Å²) in [6.45, 7) is 4.07.